The van der Waals surface area contributed by atoms with Crippen molar-refractivity contribution < 1.29 is 22.0 Å². The van der Waals surface area contributed by atoms with Crippen LogP contribution in [0, 0.1) is 12.7 Å². The molecule has 10 heteroatoms. The van der Waals surface area contributed by atoms with E-state index in [1.165, 1.54) is 29.0 Å². The van der Waals surface area contributed by atoms with Crippen molar-refractivity contribution in [2.24, 2.45) is 0 Å². The van der Waals surface area contributed by atoms with E-state index in [1.54, 1.807) is 6.92 Å². The van der Waals surface area contributed by atoms with E-state index < -0.39 is 48.2 Å². The van der Waals surface area contributed by atoms with Gasteiger partial charge in [-0.2, -0.15) is 0 Å². The van der Waals surface area contributed by atoms with Crippen molar-refractivity contribution in [3.05, 3.63) is 63.6 Å². The van der Waals surface area contributed by atoms with Gasteiger partial charge < -0.3 is 9.88 Å². The van der Waals surface area contributed by atoms with Crippen LogP contribution in [-0.4, -0.2) is 20.5 Å². The summed E-state index contributed by atoms with van der Waals surface area (Å²) >= 11 is 0. The fourth-order valence-electron chi connectivity index (χ4n) is 3.56. The van der Waals surface area contributed by atoms with Gasteiger partial charge in [0, 0.05) is 43.3 Å². The van der Waals surface area contributed by atoms with Crippen LogP contribution in [0.1, 0.15) is 42.3 Å². The number of halogens is 5. The number of hydrogen-bond donors (Lipinski definition) is 1. The first-order chi connectivity index (χ1) is 14.1. The second kappa shape index (κ2) is 7.33. The van der Waals surface area contributed by atoms with Crippen molar-refractivity contribution in [3.63, 3.8) is 0 Å². The standard InChI is InChI=1S/C20H17F5N4O/c1-10-27-15-5-16(30)29(12-6-20(24,25)7-12)9-14(15)19(28-10)26-8-11-3-2-4-13(17(11)21)18(22)23/h2-5,9,12,18H,6-8H2,1H3,(H,26,27,28). The van der Waals surface area contributed by atoms with Gasteiger partial charge in [-0.15, -0.1) is 0 Å². The Bertz CT molecular complexity index is 1170. The molecule has 30 heavy (non-hydrogen) atoms. The van der Waals surface area contributed by atoms with Crippen LogP contribution < -0.4 is 10.9 Å². The molecule has 4 rings (SSSR count). The largest absolute Gasteiger partial charge is 0.365 e. The van der Waals surface area contributed by atoms with Crippen LogP contribution in [-0.2, 0) is 6.54 Å². The van der Waals surface area contributed by atoms with E-state index in [-0.39, 0.29) is 17.9 Å². The van der Waals surface area contributed by atoms with Gasteiger partial charge >= 0.3 is 0 Å². The molecule has 0 bridgehead atoms. The van der Waals surface area contributed by atoms with Crippen molar-refractivity contribution >= 4 is 16.7 Å². The molecule has 1 aliphatic rings. The molecule has 1 N–H and O–H groups in total. The summed E-state index contributed by atoms with van der Waals surface area (Å²) in [5.74, 6) is -3.22. The Labute approximate surface area is 167 Å². The highest BCUT2D eigenvalue weighted by molar-refractivity contribution is 5.88. The molecule has 1 fully saturated rings. The van der Waals surface area contributed by atoms with E-state index in [9.17, 15) is 26.7 Å². The van der Waals surface area contributed by atoms with Gasteiger partial charge in [0.15, 0.2) is 0 Å². The fourth-order valence-corrected chi connectivity index (χ4v) is 3.56. The number of hydrogen-bond acceptors (Lipinski definition) is 4. The second-order valence-electron chi connectivity index (χ2n) is 7.33. The van der Waals surface area contributed by atoms with Gasteiger partial charge in [0.2, 0.25) is 0 Å². The molecule has 3 aromatic rings. The van der Waals surface area contributed by atoms with Gasteiger partial charge in [0.1, 0.15) is 17.5 Å². The van der Waals surface area contributed by atoms with Crippen LogP contribution in [0.3, 0.4) is 0 Å². The molecule has 0 unspecified atom stereocenters. The molecule has 0 amide bonds. The fraction of sp³-hybridized carbons (Fsp3) is 0.350. The highest BCUT2D eigenvalue weighted by Crippen LogP contribution is 2.45. The minimum atomic E-state index is -2.94. The predicted molar refractivity (Wildman–Crippen MR) is 100 cm³/mol. The number of fused-ring (bicyclic) bond motifs is 1. The van der Waals surface area contributed by atoms with Crippen LogP contribution in [0.2, 0.25) is 0 Å². The van der Waals surface area contributed by atoms with Gasteiger partial charge in [-0.3, -0.25) is 4.79 Å². The Morgan fingerprint density at radius 2 is 2.00 bits per heavy atom. The summed E-state index contributed by atoms with van der Waals surface area (Å²) in [4.78, 5) is 20.8. The first kappa shape index (κ1) is 20.2. The second-order valence-corrected chi connectivity index (χ2v) is 7.33. The SMILES string of the molecule is Cc1nc(NCc2cccc(C(F)F)c2F)c2cn(C3CC(F)(F)C3)c(=O)cc2n1. The topological polar surface area (TPSA) is 59.8 Å². The molecular weight excluding hydrogens is 407 g/mol. The number of nitrogens with one attached hydrogen (secondary N) is 1. The number of nitrogens with zero attached hydrogens (tertiary/aromatic N) is 3. The lowest BCUT2D eigenvalue weighted by molar-refractivity contribution is -0.104. The first-order valence-electron chi connectivity index (χ1n) is 9.22. The third-order valence-electron chi connectivity index (χ3n) is 5.12. The maximum Gasteiger partial charge on any atom is 0.266 e. The van der Waals surface area contributed by atoms with Crippen LogP contribution in [0.15, 0.2) is 35.3 Å². The normalized spacial score (nSPS) is 16.1. The average Bonchev–Trinajstić information content (AvgIpc) is 2.64. The minimum Gasteiger partial charge on any atom is -0.365 e. The summed E-state index contributed by atoms with van der Waals surface area (Å²) in [6, 6.07) is 4.33. The van der Waals surface area contributed by atoms with Gasteiger partial charge in [0.05, 0.1) is 16.5 Å². The number of rotatable bonds is 5. The first-order valence-corrected chi connectivity index (χ1v) is 9.22. The van der Waals surface area contributed by atoms with Crippen molar-refractivity contribution in [3.8, 4) is 0 Å². The Balaban J connectivity index is 1.69. The quantitative estimate of drug-likeness (QED) is 0.600. The van der Waals surface area contributed by atoms with E-state index in [2.05, 4.69) is 15.3 Å². The zero-order valence-corrected chi connectivity index (χ0v) is 15.8. The highest BCUT2D eigenvalue weighted by atomic mass is 19.3. The lowest BCUT2D eigenvalue weighted by Crippen LogP contribution is -2.40. The van der Waals surface area contributed by atoms with E-state index >= 15 is 0 Å². The molecule has 1 aromatic carbocycles. The third-order valence-corrected chi connectivity index (χ3v) is 5.12. The summed E-state index contributed by atoms with van der Waals surface area (Å²) in [5, 5.41) is 3.28. The van der Waals surface area contributed by atoms with Crippen molar-refractivity contribution in [2.75, 3.05) is 5.32 Å². The van der Waals surface area contributed by atoms with E-state index in [0.29, 0.717) is 16.7 Å². The zero-order chi connectivity index (χ0) is 21.6. The van der Waals surface area contributed by atoms with E-state index in [1.807, 2.05) is 0 Å². The van der Waals surface area contributed by atoms with Crippen LogP contribution >= 0.6 is 0 Å². The maximum atomic E-state index is 14.3. The summed E-state index contributed by atoms with van der Waals surface area (Å²) in [7, 11) is 0. The summed E-state index contributed by atoms with van der Waals surface area (Å²) in [6.45, 7) is 1.46. The number of aryl methyl sites for hydroxylation is 1. The lowest BCUT2D eigenvalue weighted by Gasteiger charge is -2.36. The Kier molecular flexibility index (Phi) is 4.95. The molecule has 0 atom stereocenters. The van der Waals surface area contributed by atoms with Crippen LogP contribution in [0.4, 0.5) is 27.8 Å². The smallest absolute Gasteiger partial charge is 0.266 e. The van der Waals surface area contributed by atoms with E-state index in [4.69, 9.17) is 0 Å². The third kappa shape index (κ3) is 3.73. The number of alkyl halides is 4. The molecule has 0 radical (unpaired) electrons. The minimum absolute atomic E-state index is 0.0178. The molecule has 0 aliphatic heterocycles. The number of benzene rings is 1. The molecule has 2 heterocycles. The van der Waals surface area contributed by atoms with Crippen molar-refractivity contribution in [1.82, 2.24) is 14.5 Å². The average molecular weight is 424 g/mol. The number of aromatic nitrogens is 3. The van der Waals surface area contributed by atoms with Gasteiger partial charge in [-0.1, -0.05) is 18.2 Å². The number of pyridine rings is 1. The van der Waals surface area contributed by atoms with Crippen LogP contribution in [0.5, 0.6) is 0 Å². The highest BCUT2D eigenvalue weighted by Gasteiger charge is 2.46. The Hall–Kier alpha value is -3.04. The molecule has 1 saturated carbocycles. The molecule has 0 saturated heterocycles. The molecule has 2 aromatic heterocycles. The Morgan fingerprint density at radius 3 is 2.67 bits per heavy atom. The van der Waals surface area contributed by atoms with Crippen molar-refractivity contribution in [1.29, 1.82) is 0 Å². The van der Waals surface area contributed by atoms with Gasteiger partial charge in [-0.05, 0) is 6.92 Å². The number of anilines is 1. The van der Waals surface area contributed by atoms with Gasteiger partial charge in [-0.25, -0.2) is 31.9 Å². The summed E-state index contributed by atoms with van der Waals surface area (Å²) < 4.78 is 67.8. The maximum absolute atomic E-state index is 14.3. The molecule has 5 nitrogen and oxygen atoms in total. The summed E-state index contributed by atoms with van der Waals surface area (Å²) in [6.07, 6.45) is -2.40. The zero-order valence-electron chi connectivity index (χ0n) is 15.8. The lowest BCUT2D eigenvalue weighted by atomic mass is 9.88. The Morgan fingerprint density at radius 1 is 1.27 bits per heavy atom. The molecule has 158 valence electrons. The van der Waals surface area contributed by atoms with Crippen LogP contribution in [0.25, 0.3) is 10.9 Å². The predicted octanol–water partition coefficient (Wildman–Crippen LogP) is 4.76. The van der Waals surface area contributed by atoms with Gasteiger partial charge in [0.25, 0.3) is 17.9 Å². The van der Waals surface area contributed by atoms with E-state index in [0.717, 1.165) is 6.07 Å². The molecule has 0 spiro atoms. The summed E-state index contributed by atoms with van der Waals surface area (Å²) in [5.41, 5.74) is -0.830. The molecular formula is C20H17F5N4O. The van der Waals surface area contributed by atoms with Crippen molar-refractivity contribution in [2.45, 2.75) is 44.7 Å². The monoisotopic (exact) mass is 424 g/mol. The molecule has 1 aliphatic carbocycles.